The van der Waals surface area contributed by atoms with E-state index in [-0.39, 0.29) is 12.2 Å². The maximum Gasteiger partial charge on any atom is 0.344 e. The second-order valence-corrected chi connectivity index (χ2v) is 4.52. The number of aromatic nitrogens is 1. The largest absolute Gasteiger partial charge is 0.497 e. The fourth-order valence-electron chi connectivity index (χ4n) is 2.07. The molecule has 0 aliphatic rings. The summed E-state index contributed by atoms with van der Waals surface area (Å²) >= 11 is 0. The van der Waals surface area contributed by atoms with Crippen LogP contribution in [0.4, 0.5) is 0 Å². The molecule has 1 aromatic carbocycles. The van der Waals surface area contributed by atoms with Gasteiger partial charge in [-0.1, -0.05) is 0 Å². The van der Waals surface area contributed by atoms with Crippen molar-refractivity contribution in [2.75, 3.05) is 13.7 Å². The zero-order valence-electron chi connectivity index (χ0n) is 12.2. The normalized spacial score (nSPS) is 10.2. The molecule has 0 radical (unpaired) electrons. The topological polar surface area (TPSA) is 68.4 Å². The third kappa shape index (κ3) is 3.13. The van der Waals surface area contributed by atoms with Gasteiger partial charge >= 0.3 is 5.97 Å². The van der Waals surface area contributed by atoms with Crippen LogP contribution in [-0.4, -0.2) is 24.7 Å². The Morgan fingerprint density at radius 1 is 1.24 bits per heavy atom. The second-order valence-electron chi connectivity index (χ2n) is 4.52. The fraction of sp³-hybridized carbons (Fsp3) is 0.250. The minimum absolute atomic E-state index is 0.0501. The Morgan fingerprint density at radius 2 is 1.90 bits per heavy atom. The fourth-order valence-corrected chi connectivity index (χ4v) is 2.07. The van der Waals surface area contributed by atoms with Gasteiger partial charge in [-0.3, -0.25) is 4.79 Å². The average molecular weight is 287 g/mol. The number of H-pyrrole nitrogens is 1. The molecule has 1 aromatic heterocycles. The minimum Gasteiger partial charge on any atom is -0.497 e. The summed E-state index contributed by atoms with van der Waals surface area (Å²) in [6.07, 6.45) is 0. The smallest absolute Gasteiger partial charge is 0.344 e. The summed E-state index contributed by atoms with van der Waals surface area (Å²) < 4.78 is 9.99. The van der Waals surface area contributed by atoms with Gasteiger partial charge in [-0.05, 0) is 55.3 Å². The van der Waals surface area contributed by atoms with Gasteiger partial charge in [0.05, 0.1) is 13.7 Å². The molecule has 1 heterocycles. The highest BCUT2D eigenvalue weighted by Gasteiger charge is 2.16. The van der Waals surface area contributed by atoms with Crippen molar-refractivity contribution in [1.29, 1.82) is 0 Å². The van der Waals surface area contributed by atoms with Crippen LogP contribution in [0.2, 0.25) is 0 Å². The summed E-state index contributed by atoms with van der Waals surface area (Å²) in [6.45, 7) is 3.65. The van der Waals surface area contributed by atoms with E-state index in [1.165, 1.54) is 0 Å². The third-order valence-corrected chi connectivity index (χ3v) is 3.11. The van der Waals surface area contributed by atoms with Gasteiger partial charge in [-0.2, -0.15) is 0 Å². The van der Waals surface area contributed by atoms with Crippen molar-refractivity contribution in [3.8, 4) is 17.0 Å². The monoisotopic (exact) mass is 287 g/mol. The molecule has 5 nitrogen and oxygen atoms in total. The second kappa shape index (κ2) is 6.26. The van der Waals surface area contributed by atoms with Gasteiger partial charge in [0, 0.05) is 5.69 Å². The number of hydrogen-bond donors (Lipinski definition) is 1. The molecule has 0 atom stereocenters. The number of ether oxygens (including phenoxy) is 2. The molecule has 0 aliphatic heterocycles. The van der Waals surface area contributed by atoms with Gasteiger partial charge in [0.1, 0.15) is 11.3 Å². The molecule has 2 rings (SSSR count). The summed E-state index contributed by atoms with van der Waals surface area (Å²) in [5, 5.41) is 0. The highest BCUT2D eigenvalue weighted by Crippen LogP contribution is 2.21. The van der Waals surface area contributed by atoms with Crippen LogP contribution in [0.1, 0.15) is 22.8 Å². The van der Waals surface area contributed by atoms with Gasteiger partial charge in [-0.15, -0.1) is 0 Å². The van der Waals surface area contributed by atoms with Crippen molar-refractivity contribution in [2.45, 2.75) is 13.8 Å². The van der Waals surface area contributed by atoms with Crippen molar-refractivity contribution in [3.05, 3.63) is 51.8 Å². The number of aryl methyl sites for hydroxylation is 1. The molecule has 110 valence electrons. The highest BCUT2D eigenvalue weighted by atomic mass is 16.5. The molecule has 0 saturated carbocycles. The highest BCUT2D eigenvalue weighted by molar-refractivity contribution is 5.91. The van der Waals surface area contributed by atoms with Crippen LogP contribution in [0, 0.1) is 6.92 Å². The number of carbonyl (C=O) groups is 1. The first kappa shape index (κ1) is 14.8. The summed E-state index contributed by atoms with van der Waals surface area (Å²) in [6, 6.07) is 9.06. The van der Waals surface area contributed by atoms with Crippen LogP contribution < -0.4 is 10.3 Å². The Morgan fingerprint density at radius 3 is 2.43 bits per heavy atom. The molecule has 0 bridgehead atoms. The van der Waals surface area contributed by atoms with Gasteiger partial charge in [-0.25, -0.2) is 4.79 Å². The van der Waals surface area contributed by atoms with Crippen molar-refractivity contribution < 1.29 is 14.3 Å². The molecule has 0 aliphatic carbocycles. The number of rotatable bonds is 4. The van der Waals surface area contributed by atoms with E-state index < -0.39 is 11.5 Å². The lowest BCUT2D eigenvalue weighted by molar-refractivity contribution is 0.0523. The van der Waals surface area contributed by atoms with E-state index in [1.807, 2.05) is 24.3 Å². The van der Waals surface area contributed by atoms with Crippen molar-refractivity contribution in [2.24, 2.45) is 0 Å². The summed E-state index contributed by atoms with van der Waals surface area (Å²) in [5.41, 5.74) is 1.68. The number of esters is 1. The van der Waals surface area contributed by atoms with Gasteiger partial charge in [0.25, 0.3) is 5.56 Å². The minimum atomic E-state index is -0.600. The molecule has 0 unspecified atom stereocenters. The van der Waals surface area contributed by atoms with E-state index in [9.17, 15) is 9.59 Å². The van der Waals surface area contributed by atoms with E-state index in [4.69, 9.17) is 9.47 Å². The van der Waals surface area contributed by atoms with E-state index in [2.05, 4.69) is 4.98 Å². The molecule has 21 heavy (non-hydrogen) atoms. The number of benzene rings is 1. The van der Waals surface area contributed by atoms with E-state index >= 15 is 0 Å². The van der Waals surface area contributed by atoms with E-state index in [0.29, 0.717) is 11.3 Å². The number of hydrogen-bond acceptors (Lipinski definition) is 4. The standard InChI is InChI=1S/C16H17NO4/c1-4-21-16(19)14-10(2)9-13(17-15(14)18)11-5-7-12(20-3)8-6-11/h5-9H,4H2,1-3H3,(H,17,18). The first-order valence-electron chi connectivity index (χ1n) is 6.62. The first-order chi connectivity index (χ1) is 10.1. The lowest BCUT2D eigenvalue weighted by atomic mass is 10.1. The number of nitrogens with one attached hydrogen (secondary N) is 1. The van der Waals surface area contributed by atoms with Crippen molar-refractivity contribution in [3.63, 3.8) is 0 Å². The van der Waals surface area contributed by atoms with Crippen LogP contribution in [0.5, 0.6) is 5.75 Å². The van der Waals surface area contributed by atoms with Crippen LogP contribution in [0.25, 0.3) is 11.3 Å². The predicted molar refractivity (Wildman–Crippen MR) is 79.7 cm³/mol. The molecule has 2 aromatic rings. The Labute approximate surface area is 122 Å². The van der Waals surface area contributed by atoms with Gasteiger partial charge < -0.3 is 14.5 Å². The van der Waals surface area contributed by atoms with Crippen molar-refractivity contribution in [1.82, 2.24) is 4.98 Å². The van der Waals surface area contributed by atoms with Gasteiger partial charge in [0.2, 0.25) is 0 Å². The molecule has 5 heteroatoms. The molecule has 0 saturated heterocycles. The number of aromatic amines is 1. The van der Waals surface area contributed by atoms with E-state index in [0.717, 1.165) is 11.3 Å². The number of pyridine rings is 1. The van der Waals surface area contributed by atoms with Crippen LogP contribution in [-0.2, 0) is 4.74 Å². The lowest BCUT2D eigenvalue weighted by Crippen LogP contribution is -2.22. The molecule has 1 N–H and O–H groups in total. The number of carbonyl (C=O) groups excluding carboxylic acids is 1. The summed E-state index contributed by atoms with van der Waals surface area (Å²) in [7, 11) is 1.59. The Balaban J connectivity index is 2.43. The molecule has 0 amide bonds. The summed E-state index contributed by atoms with van der Waals surface area (Å²) in [5.74, 6) is 0.137. The summed E-state index contributed by atoms with van der Waals surface area (Å²) in [4.78, 5) is 26.6. The van der Waals surface area contributed by atoms with Crippen LogP contribution in [0.15, 0.2) is 35.1 Å². The van der Waals surface area contributed by atoms with Crippen LogP contribution >= 0.6 is 0 Å². The SMILES string of the molecule is CCOC(=O)c1c(C)cc(-c2ccc(OC)cc2)[nH]c1=O. The Hall–Kier alpha value is -2.56. The molecular formula is C16H17NO4. The Kier molecular flexibility index (Phi) is 4.42. The van der Waals surface area contributed by atoms with Gasteiger partial charge in [0.15, 0.2) is 0 Å². The zero-order chi connectivity index (χ0) is 15.4. The maximum atomic E-state index is 12.1. The average Bonchev–Trinajstić information content (AvgIpc) is 2.47. The number of methoxy groups -OCH3 is 1. The third-order valence-electron chi connectivity index (χ3n) is 3.11. The lowest BCUT2D eigenvalue weighted by Gasteiger charge is -2.08. The van der Waals surface area contributed by atoms with Crippen LogP contribution in [0.3, 0.4) is 0 Å². The molecule has 0 spiro atoms. The molecule has 0 fully saturated rings. The predicted octanol–water partition coefficient (Wildman–Crippen LogP) is 2.54. The molecular weight excluding hydrogens is 270 g/mol. The Bertz CT molecular complexity index is 701. The maximum absolute atomic E-state index is 12.1. The first-order valence-corrected chi connectivity index (χ1v) is 6.62. The van der Waals surface area contributed by atoms with E-state index in [1.54, 1.807) is 27.0 Å². The van der Waals surface area contributed by atoms with Crippen molar-refractivity contribution >= 4 is 5.97 Å². The quantitative estimate of drug-likeness (QED) is 0.877. The zero-order valence-corrected chi connectivity index (χ0v) is 12.2.